The number of halogens is 2. The standard InChI is InChI=1S/C13H15F2NO2/c14-8-5-6-9(10(15)7-8)13(18)16-11-3-1-2-4-12(11)17/h5-7,11-12,17H,1-4H2,(H,16,18). The summed E-state index contributed by atoms with van der Waals surface area (Å²) in [6.45, 7) is 0. The Morgan fingerprint density at radius 2 is 2.00 bits per heavy atom. The summed E-state index contributed by atoms with van der Waals surface area (Å²) in [7, 11) is 0. The first-order valence-corrected chi connectivity index (χ1v) is 6.02. The van der Waals surface area contributed by atoms with Crippen LogP contribution in [0.4, 0.5) is 8.78 Å². The smallest absolute Gasteiger partial charge is 0.254 e. The molecule has 2 atom stereocenters. The number of carbonyl (C=O) groups is 1. The summed E-state index contributed by atoms with van der Waals surface area (Å²) in [6.07, 6.45) is 2.57. The second-order valence-electron chi connectivity index (χ2n) is 4.56. The molecule has 3 nitrogen and oxygen atoms in total. The van der Waals surface area contributed by atoms with Crippen molar-refractivity contribution in [1.29, 1.82) is 0 Å². The van der Waals surface area contributed by atoms with E-state index in [4.69, 9.17) is 0 Å². The highest BCUT2D eigenvalue weighted by Crippen LogP contribution is 2.19. The summed E-state index contributed by atoms with van der Waals surface area (Å²) >= 11 is 0. The van der Waals surface area contributed by atoms with E-state index in [0.717, 1.165) is 25.0 Å². The zero-order valence-electron chi connectivity index (χ0n) is 9.83. The minimum absolute atomic E-state index is 0.200. The maximum Gasteiger partial charge on any atom is 0.254 e. The number of nitrogens with one attached hydrogen (secondary N) is 1. The molecule has 0 spiro atoms. The lowest BCUT2D eigenvalue weighted by molar-refractivity contribution is 0.0714. The first kappa shape index (κ1) is 13.0. The second kappa shape index (κ2) is 5.44. The molecule has 5 heteroatoms. The summed E-state index contributed by atoms with van der Waals surface area (Å²) < 4.78 is 26.1. The number of aliphatic hydroxyl groups excluding tert-OH is 1. The number of benzene rings is 1. The van der Waals surface area contributed by atoms with Crippen LogP contribution in [0.1, 0.15) is 36.0 Å². The Kier molecular flexibility index (Phi) is 3.91. The first-order valence-electron chi connectivity index (χ1n) is 6.02. The summed E-state index contributed by atoms with van der Waals surface area (Å²) in [6, 6.07) is 2.46. The molecule has 1 aliphatic carbocycles. The summed E-state index contributed by atoms with van der Waals surface area (Å²) in [4.78, 5) is 11.8. The Hall–Kier alpha value is -1.49. The lowest BCUT2D eigenvalue weighted by atomic mass is 9.92. The van der Waals surface area contributed by atoms with Crippen molar-refractivity contribution in [3.63, 3.8) is 0 Å². The Bertz CT molecular complexity index is 451. The molecule has 2 N–H and O–H groups in total. The van der Waals surface area contributed by atoms with Gasteiger partial charge in [-0.3, -0.25) is 4.79 Å². The summed E-state index contributed by atoms with van der Waals surface area (Å²) in [5, 5.41) is 12.3. The molecule has 1 amide bonds. The maximum atomic E-state index is 13.4. The number of hydrogen-bond donors (Lipinski definition) is 2. The van der Waals surface area contributed by atoms with E-state index in [9.17, 15) is 18.7 Å². The molecule has 1 saturated carbocycles. The molecule has 1 aromatic rings. The van der Waals surface area contributed by atoms with Crippen LogP contribution in [0.15, 0.2) is 18.2 Å². The van der Waals surface area contributed by atoms with Crippen LogP contribution in [0.25, 0.3) is 0 Å². The predicted molar refractivity (Wildman–Crippen MR) is 62.1 cm³/mol. The number of carbonyl (C=O) groups excluding carboxylic acids is 1. The van der Waals surface area contributed by atoms with E-state index in [1.807, 2.05) is 0 Å². The molecule has 1 fully saturated rings. The third kappa shape index (κ3) is 2.85. The van der Waals surface area contributed by atoms with Gasteiger partial charge in [-0.05, 0) is 25.0 Å². The van der Waals surface area contributed by atoms with Crippen LogP contribution in [0.2, 0.25) is 0 Å². The minimum atomic E-state index is -0.891. The molecule has 0 radical (unpaired) electrons. The second-order valence-corrected chi connectivity index (χ2v) is 4.56. The average Bonchev–Trinajstić information content (AvgIpc) is 2.32. The van der Waals surface area contributed by atoms with E-state index >= 15 is 0 Å². The first-order chi connectivity index (χ1) is 8.58. The Morgan fingerprint density at radius 1 is 1.28 bits per heavy atom. The number of hydrogen-bond acceptors (Lipinski definition) is 2. The van der Waals surface area contributed by atoms with Crippen molar-refractivity contribution in [3.8, 4) is 0 Å². The SMILES string of the molecule is O=C(NC1CCCCC1O)c1ccc(F)cc1F. The van der Waals surface area contributed by atoms with Crippen molar-refractivity contribution < 1.29 is 18.7 Å². The molecule has 1 aliphatic rings. The van der Waals surface area contributed by atoms with Crippen LogP contribution in [0, 0.1) is 11.6 Å². The van der Waals surface area contributed by atoms with Crippen LogP contribution in [-0.4, -0.2) is 23.2 Å². The molecule has 0 heterocycles. The van der Waals surface area contributed by atoms with Gasteiger partial charge in [0.05, 0.1) is 17.7 Å². The quantitative estimate of drug-likeness (QED) is 0.849. The topological polar surface area (TPSA) is 49.3 Å². The summed E-state index contributed by atoms with van der Waals surface area (Å²) in [5.41, 5.74) is -0.200. The Balaban J connectivity index is 2.07. The van der Waals surface area contributed by atoms with Gasteiger partial charge in [-0.2, -0.15) is 0 Å². The lowest BCUT2D eigenvalue weighted by Crippen LogP contribution is -2.45. The molecule has 0 aliphatic heterocycles. The third-order valence-electron chi connectivity index (χ3n) is 3.22. The largest absolute Gasteiger partial charge is 0.391 e. The highest BCUT2D eigenvalue weighted by molar-refractivity contribution is 5.94. The van der Waals surface area contributed by atoms with Crippen molar-refractivity contribution in [3.05, 3.63) is 35.4 Å². The zero-order chi connectivity index (χ0) is 13.1. The Labute approximate surface area is 104 Å². The number of aliphatic hydroxyl groups is 1. The Morgan fingerprint density at radius 3 is 2.67 bits per heavy atom. The fourth-order valence-corrected chi connectivity index (χ4v) is 2.20. The van der Waals surface area contributed by atoms with Gasteiger partial charge in [0.1, 0.15) is 11.6 Å². The molecule has 0 bridgehead atoms. The normalized spacial score (nSPS) is 23.7. The van der Waals surface area contributed by atoms with Crippen molar-refractivity contribution in [2.45, 2.75) is 37.8 Å². The third-order valence-corrected chi connectivity index (χ3v) is 3.22. The van der Waals surface area contributed by atoms with Crippen LogP contribution < -0.4 is 5.32 Å². The summed E-state index contributed by atoms with van der Waals surface area (Å²) in [5.74, 6) is -2.22. The molecule has 0 aromatic heterocycles. The molecule has 1 aromatic carbocycles. The van der Waals surface area contributed by atoms with Crippen LogP contribution >= 0.6 is 0 Å². The van der Waals surface area contributed by atoms with Gasteiger partial charge in [0.15, 0.2) is 0 Å². The molecule has 18 heavy (non-hydrogen) atoms. The van der Waals surface area contributed by atoms with Gasteiger partial charge in [-0.1, -0.05) is 12.8 Å². The van der Waals surface area contributed by atoms with Gasteiger partial charge >= 0.3 is 0 Å². The minimum Gasteiger partial charge on any atom is -0.391 e. The maximum absolute atomic E-state index is 13.4. The van der Waals surface area contributed by atoms with Crippen LogP contribution in [0.3, 0.4) is 0 Å². The van der Waals surface area contributed by atoms with Crippen molar-refractivity contribution in [1.82, 2.24) is 5.32 Å². The van der Waals surface area contributed by atoms with Crippen LogP contribution in [0.5, 0.6) is 0 Å². The monoisotopic (exact) mass is 255 g/mol. The van der Waals surface area contributed by atoms with Gasteiger partial charge in [0.25, 0.3) is 5.91 Å². The molecular formula is C13H15F2NO2. The van der Waals surface area contributed by atoms with Crippen LogP contribution in [-0.2, 0) is 0 Å². The van der Waals surface area contributed by atoms with Gasteiger partial charge in [0.2, 0.25) is 0 Å². The van der Waals surface area contributed by atoms with Gasteiger partial charge in [-0.15, -0.1) is 0 Å². The highest BCUT2D eigenvalue weighted by Gasteiger charge is 2.25. The fourth-order valence-electron chi connectivity index (χ4n) is 2.20. The number of amides is 1. The van der Waals surface area contributed by atoms with Crippen molar-refractivity contribution in [2.75, 3.05) is 0 Å². The zero-order valence-corrected chi connectivity index (χ0v) is 9.83. The predicted octanol–water partition coefficient (Wildman–Crippen LogP) is 2.00. The van der Waals surface area contributed by atoms with E-state index in [2.05, 4.69) is 5.32 Å². The van der Waals surface area contributed by atoms with Crippen molar-refractivity contribution in [2.24, 2.45) is 0 Å². The molecule has 2 unspecified atom stereocenters. The van der Waals surface area contributed by atoms with E-state index in [-0.39, 0.29) is 11.6 Å². The molecule has 2 rings (SSSR count). The fraction of sp³-hybridized carbons (Fsp3) is 0.462. The van der Waals surface area contributed by atoms with Gasteiger partial charge < -0.3 is 10.4 Å². The van der Waals surface area contributed by atoms with E-state index in [1.165, 1.54) is 0 Å². The van der Waals surface area contributed by atoms with Crippen molar-refractivity contribution >= 4 is 5.91 Å². The number of rotatable bonds is 2. The highest BCUT2D eigenvalue weighted by atomic mass is 19.1. The van der Waals surface area contributed by atoms with E-state index < -0.39 is 23.6 Å². The van der Waals surface area contributed by atoms with Gasteiger partial charge in [0, 0.05) is 6.07 Å². The molecular weight excluding hydrogens is 240 g/mol. The molecule has 98 valence electrons. The van der Waals surface area contributed by atoms with E-state index in [0.29, 0.717) is 18.9 Å². The molecule has 0 saturated heterocycles. The van der Waals surface area contributed by atoms with E-state index in [1.54, 1.807) is 0 Å². The van der Waals surface area contributed by atoms with Gasteiger partial charge in [-0.25, -0.2) is 8.78 Å². The lowest BCUT2D eigenvalue weighted by Gasteiger charge is -2.28. The average molecular weight is 255 g/mol.